The minimum absolute atomic E-state index is 0.00579. The van der Waals surface area contributed by atoms with Crippen LogP contribution in [0.1, 0.15) is 11.1 Å². The summed E-state index contributed by atoms with van der Waals surface area (Å²) in [6.07, 6.45) is 5.13. The minimum atomic E-state index is -0.488. The van der Waals surface area contributed by atoms with Gasteiger partial charge in [0.05, 0.1) is 0 Å². The topological polar surface area (TPSA) is 71.7 Å². The van der Waals surface area contributed by atoms with Crippen LogP contribution in [0, 0.1) is 11.3 Å². The van der Waals surface area contributed by atoms with Crippen LogP contribution in [0.15, 0.2) is 71.4 Å². The largest absolute Gasteiger partial charge is 0.479 e. The van der Waals surface area contributed by atoms with Gasteiger partial charge in [-0.1, -0.05) is 42.5 Å². The molecule has 0 unspecified atom stereocenters. The zero-order valence-electron chi connectivity index (χ0n) is 13.3. The van der Waals surface area contributed by atoms with Crippen LogP contribution in [0.4, 0.5) is 0 Å². The summed E-state index contributed by atoms with van der Waals surface area (Å²) < 4.78 is 10.3. The molecule has 0 bridgehead atoms. The van der Waals surface area contributed by atoms with E-state index in [4.69, 9.17) is 14.7 Å². The molecule has 0 N–H and O–H groups in total. The zero-order chi connectivity index (χ0) is 17.5. The molecule has 5 nitrogen and oxygen atoms in total. The Hall–Kier alpha value is -3.65. The molecule has 0 fully saturated rings. The van der Waals surface area contributed by atoms with Gasteiger partial charge in [-0.25, -0.2) is 9.79 Å². The fraction of sp³-hybridized carbons (Fsp3) is 0.0500. The normalized spacial score (nSPS) is 15.1. The van der Waals surface area contributed by atoms with E-state index < -0.39 is 5.97 Å². The van der Waals surface area contributed by atoms with Gasteiger partial charge in [-0.15, -0.1) is 0 Å². The Morgan fingerprint density at radius 1 is 1.04 bits per heavy atom. The molecule has 5 heteroatoms. The summed E-state index contributed by atoms with van der Waals surface area (Å²) in [6, 6.07) is 18.6. The first-order valence-electron chi connectivity index (χ1n) is 7.60. The smallest absolute Gasteiger partial charge is 0.363 e. The average molecular weight is 330 g/mol. The number of esters is 1. The second-order valence-corrected chi connectivity index (χ2v) is 5.13. The number of carbonyl (C=O) groups excluding carboxylic acids is 1. The number of cyclic esters (lactones) is 1. The van der Waals surface area contributed by atoms with E-state index in [2.05, 4.69) is 4.99 Å². The van der Waals surface area contributed by atoms with Crippen molar-refractivity contribution >= 4 is 24.0 Å². The maximum Gasteiger partial charge on any atom is 0.363 e. The maximum atomic E-state index is 11.9. The van der Waals surface area contributed by atoms with E-state index in [1.54, 1.807) is 36.4 Å². The molecule has 0 amide bonds. The summed E-state index contributed by atoms with van der Waals surface area (Å²) in [4.78, 5) is 16.1. The molecule has 0 spiro atoms. The Labute approximate surface area is 145 Å². The van der Waals surface area contributed by atoms with Crippen LogP contribution in [0.5, 0.6) is 5.75 Å². The lowest BCUT2D eigenvalue weighted by Crippen LogP contribution is -2.01. The number of rotatable bonds is 5. The van der Waals surface area contributed by atoms with Crippen LogP contribution in [-0.2, 0) is 9.53 Å². The molecule has 0 aromatic heterocycles. The van der Waals surface area contributed by atoms with Gasteiger partial charge in [-0.2, -0.15) is 5.26 Å². The highest BCUT2D eigenvalue weighted by atomic mass is 16.6. The van der Waals surface area contributed by atoms with Crippen molar-refractivity contribution in [3.05, 3.63) is 77.5 Å². The molecule has 0 atom stereocenters. The number of nitrogens with zero attached hydrogens (tertiary/aromatic N) is 2. The quantitative estimate of drug-likeness (QED) is 0.620. The van der Waals surface area contributed by atoms with Crippen molar-refractivity contribution in [2.75, 3.05) is 6.61 Å². The molecular weight excluding hydrogens is 316 g/mol. The number of ether oxygens (including phenoxy) is 2. The SMILES string of the molecule is N#CCOc1ccc(/C=C2N=C(/C=C/c3ccccc3)OC\2=O)cc1. The maximum absolute atomic E-state index is 11.9. The van der Waals surface area contributed by atoms with Crippen LogP contribution >= 0.6 is 0 Å². The molecule has 0 saturated carbocycles. The molecule has 25 heavy (non-hydrogen) atoms. The van der Waals surface area contributed by atoms with Crippen LogP contribution in [-0.4, -0.2) is 18.5 Å². The molecule has 0 saturated heterocycles. The number of benzene rings is 2. The summed E-state index contributed by atoms with van der Waals surface area (Å²) in [7, 11) is 0. The minimum Gasteiger partial charge on any atom is -0.479 e. The monoisotopic (exact) mass is 330 g/mol. The lowest BCUT2D eigenvalue weighted by atomic mass is 10.2. The molecule has 2 aromatic carbocycles. The number of carbonyl (C=O) groups is 1. The highest BCUT2D eigenvalue weighted by Gasteiger charge is 2.20. The predicted octanol–water partition coefficient (Wildman–Crippen LogP) is 3.60. The first-order chi connectivity index (χ1) is 12.2. The highest BCUT2D eigenvalue weighted by Crippen LogP contribution is 2.19. The summed E-state index contributed by atoms with van der Waals surface area (Å²) in [5.41, 5.74) is 2.01. The summed E-state index contributed by atoms with van der Waals surface area (Å²) in [5.74, 6) is 0.360. The third kappa shape index (κ3) is 4.43. The fourth-order valence-corrected chi connectivity index (χ4v) is 2.16. The van der Waals surface area contributed by atoms with E-state index in [1.165, 1.54) is 0 Å². The Bertz CT molecular complexity index is 889. The van der Waals surface area contributed by atoms with Gasteiger partial charge in [0.25, 0.3) is 0 Å². The van der Waals surface area contributed by atoms with Gasteiger partial charge in [-0.05, 0) is 35.4 Å². The van der Waals surface area contributed by atoms with Crippen molar-refractivity contribution in [1.29, 1.82) is 5.26 Å². The first kappa shape index (κ1) is 16.2. The number of nitriles is 1. The Morgan fingerprint density at radius 3 is 2.52 bits per heavy atom. The third-order valence-corrected chi connectivity index (χ3v) is 3.34. The molecule has 0 radical (unpaired) electrons. The molecule has 0 aliphatic carbocycles. The first-order valence-corrected chi connectivity index (χ1v) is 7.60. The van der Waals surface area contributed by atoms with Crippen LogP contribution in [0.3, 0.4) is 0 Å². The molecule has 122 valence electrons. The van der Waals surface area contributed by atoms with E-state index in [1.807, 2.05) is 42.5 Å². The Balaban J connectivity index is 1.72. The van der Waals surface area contributed by atoms with E-state index in [9.17, 15) is 4.79 Å². The van der Waals surface area contributed by atoms with Crippen molar-refractivity contribution in [2.45, 2.75) is 0 Å². The van der Waals surface area contributed by atoms with Crippen molar-refractivity contribution in [2.24, 2.45) is 4.99 Å². The van der Waals surface area contributed by atoms with E-state index in [0.29, 0.717) is 5.75 Å². The van der Waals surface area contributed by atoms with Gasteiger partial charge < -0.3 is 9.47 Å². The lowest BCUT2D eigenvalue weighted by Gasteiger charge is -2.01. The standard InChI is InChI=1S/C20H14N2O3/c21-12-13-24-17-9-6-16(7-10-17)14-18-20(23)25-19(22-18)11-8-15-4-2-1-3-5-15/h1-11,14H,13H2/b11-8+,18-14-. The molecule has 1 aliphatic rings. The Morgan fingerprint density at radius 2 is 1.80 bits per heavy atom. The predicted molar refractivity (Wildman–Crippen MR) is 94.5 cm³/mol. The van der Waals surface area contributed by atoms with E-state index in [0.717, 1.165) is 11.1 Å². The molecule has 3 rings (SSSR count). The van der Waals surface area contributed by atoms with Gasteiger partial charge >= 0.3 is 5.97 Å². The zero-order valence-corrected chi connectivity index (χ0v) is 13.3. The number of aliphatic imine (C=N–C) groups is 1. The van der Waals surface area contributed by atoms with Crippen LogP contribution < -0.4 is 4.74 Å². The van der Waals surface area contributed by atoms with Gasteiger partial charge in [0.1, 0.15) is 11.8 Å². The number of hydrogen-bond donors (Lipinski definition) is 0. The van der Waals surface area contributed by atoms with Crippen molar-refractivity contribution in [3.8, 4) is 11.8 Å². The fourth-order valence-electron chi connectivity index (χ4n) is 2.16. The number of hydrogen-bond acceptors (Lipinski definition) is 5. The average Bonchev–Trinajstić information content (AvgIpc) is 3.00. The van der Waals surface area contributed by atoms with Gasteiger partial charge in [0.15, 0.2) is 12.3 Å². The molecule has 1 heterocycles. The van der Waals surface area contributed by atoms with Crippen molar-refractivity contribution in [3.63, 3.8) is 0 Å². The summed E-state index contributed by atoms with van der Waals surface area (Å²) >= 11 is 0. The van der Waals surface area contributed by atoms with Crippen molar-refractivity contribution < 1.29 is 14.3 Å². The molecular formula is C20H14N2O3. The van der Waals surface area contributed by atoms with E-state index in [-0.39, 0.29) is 18.2 Å². The van der Waals surface area contributed by atoms with Crippen LogP contribution in [0.25, 0.3) is 12.2 Å². The Kier molecular flexibility index (Phi) is 5.03. The second-order valence-electron chi connectivity index (χ2n) is 5.13. The van der Waals surface area contributed by atoms with E-state index >= 15 is 0 Å². The second kappa shape index (κ2) is 7.75. The van der Waals surface area contributed by atoms with Crippen LogP contribution in [0.2, 0.25) is 0 Å². The van der Waals surface area contributed by atoms with Gasteiger partial charge in [-0.3, -0.25) is 0 Å². The third-order valence-electron chi connectivity index (χ3n) is 3.34. The lowest BCUT2D eigenvalue weighted by molar-refractivity contribution is -0.129. The van der Waals surface area contributed by atoms with Gasteiger partial charge in [0, 0.05) is 6.08 Å². The highest BCUT2D eigenvalue weighted by molar-refractivity contribution is 6.11. The summed E-state index contributed by atoms with van der Waals surface area (Å²) in [6.45, 7) is -0.00579. The molecule has 1 aliphatic heterocycles. The van der Waals surface area contributed by atoms with Gasteiger partial charge in [0.2, 0.25) is 5.90 Å². The summed E-state index contributed by atoms with van der Waals surface area (Å²) in [5, 5.41) is 8.49. The molecule has 2 aromatic rings. The van der Waals surface area contributed by atoms with Crippen molar-refractivity contribution in [1.82, 2.24) is 0 Å².